The van der Waals surface area contributed by atoms with E-state index >= 15 is 0 Å². The van der Waals surface area contributed by atoms with Gasteiger partial charge in [0.15, 0.2) is 5.11 Å². The number of carbonyl (C=O) groups is 1. The highest BCUT2D eigenvalue weighted by Gasteiger charge is 2.59. The number of hydrogen-bond donors (Lipinski definition) is 0. The van der Waals surface area contributed by atoms with Crippen molar-refractivity contribution in [3.05, 3.63) is 58.9 Å². The molecule has 2 aliphatic rings. The van der Waals surface area contributed by atoms with Crippen LogP contribution in [0.4, 0.5) is 15.8 Å². The van der Waals surface area contributed by atoms with Crippen molar-refractivity contribution in [3.8, 4) is 0 Å². The summed E-state index contributed by atoms with van der Waals surface area (Å²) < 4.78 is 13.5. The van der Waals surface area contributed by atoms with E-state index in [9.17, 15) is 9.18 Å². The van der Waals surface area contributed by atoms with Gasteiger partial charge in [0.1, 0.15) is 11.4 Å². The van der Waals surface area contributed by atoms with E-state index in [0.29, 0.717) is 10.8 Å². The molecule has 4 rings (SSSR count). The number of aryl methyl sites for hydroxylation is 1. The lowest BCUT2D eigenvalue weighted by Gasteiger charge is -2.43. The number of benzene rings is 2. The van der Waals surface area contributed by atoms with E-state index in [0.717, 1.165) is 30.5 Å². The Balaban J connectivity index is 1.80. The third-order valence-corrected chi connectivity index (χ3v) is 5.70. The predicted molar refractivity (Wildman–Crippen MR) is 102 cm³/mol. The second kappa shape index (κ2) is 5.78. The van der Waals surface area contributed by atoms with E-state index in [-0.39, 0.29) is 10.9 Å². The van der Waals surface area contributed by atoms with Crippen LogP contribution in [0.2, 0.25) is 5.02 Å². The molecule has 2 aromatic rings. The zero-order valence-electron chi connectivity index (χ0n) is 13.6. The predicted octanol–water partition coefficient (Wildman–Crippen LogP) is 4.85. The van der Waals surface area contributed by atoms with Gasteiger partial charge in [-0.25, -0.2) is 4.39 Å². The van der Waals surface area contributed by atoms with Crippen molar-refractivity contribution in [1.82, 2.24) is 0 Å². The monoisotopic (exact) mass is 374 g/mol. The molecular formula is C19H16ClFN2OS. The zero-order valence-corrected chi connectivity index (χ0v) is 15.2. The van der Waals surface area contributed by atoms with Gasteiger partial charge in [-0.05, 0) is 68.7 Å². The Morgan fingerprint density at radius 2 is 1.76 bits per heavy atom. The summed E-state index contributed by atoms with van der Waals surface area (Å²) in [5.74, 6) is -0.580. The van der Waals surface area contributed by atoms with Crippen molar-refractivity contribution >= 4 is 46.2 Å². The molecule has 0 atom stereocenters. The highest BCUT2D eigenvalue weighted by atomic mass is 35.5. The van der Waals surface area contributed by atoms with Gasteiger partial charge in [0, 0.05) is 5.69 Å². The van der Waals surface area contributed by atoms with Crippen LogP contribution >= 0.6 is 23.8 Å². The summed E-state index contributed by atoms with van der Waals surface area (Å²) in [6, 6.07) is 12.2. The number of carbonyl (C=O) groups excluding carboxylic acids is 1. The van der Waals surface area contributed by atoms with Gasteiger partial charge in [-0.15, -0.1) is 0 Å². The molecule has 1 saturated heterocycles. The Hall–Kier alpha value is -1.98. The Morgan fingerprint density at radius 3 is 2.32 bits per heavy atom. The van der Waals surface area contributed by atoms with E-state index in [1.807, 2.05) is 36.1 Å². The van der Waals surface area contributed by atoms with Crippen molar-refractivity contribution < 1.29 is 9.18 Å². The lowest BCUT2D eigenvalue weighted by atomic mass is 9.75. The van der Waals surface area contributed by atoms with Gasteiger partial charge in [0.25, 0.3) is 5.91 Å². The number of amides is 1. The maximum absolute atomic E-state index is 13.5. The molecule has 1 spiro atoms. The number of thiocarbonyl (C=S) groups is 1. The minimum atomic E-state index is -0.632. The Morgan fingerprint density at radius 1 is 1.12 bits per heavy atom. The van der Waals surface area contributed by atoms with E-state index in [2.05, 4.69) is 0 Å². The van der Waals surface area contributed by atoms with Gasteiger partial charge in [-0.2, -0.15) is 0 Å². The first-order valence-electron chi connectivity index (χ1n) is 8.14. The first-order chi connectivity index (χ1) is 11.9. The number of hydrogen-bond acceptors (Lipinski definition) is 2. The molecule has 0 N–H and O–H groups in total. The molecule has 3 nitrogen and oxygen atoms in total. The number of nitrogens with zero attached hydrogens (tertiary/aromatic N) is 2. The van der Waals surface area contributed by atoms with Gasteiger partial charge in [-0.1, -0.05) is 29.3 Å². The van der Waals surface area contributed by atoms with E-state index < -0.39 is 11.4 Å². The summed E-state index contributed by atoms with van der Waals surface area (Å²) in [5.41, 5.74) is 1.92. The second-order valence-corrected chi connectivity index (χ2v) is 7.35. The van der Waals surface area contributed by atoms with Gasteiger partial charge in [0.05, 0.1) is 10.7 Å². The van der Waals surface area contributed by atoms with Crippen LogP contribution in [0.25, 0.3) is 0 Å². The van der Waals surface area contributed by atoms with Crippen LogP contribution in [-0.4, -0.2) is 16.6 Å². The third kappa shape index (κ3) is 2.37. The molecule has 25 heavy (non-hydrogen) atoms. The van der Waals surface area contributed by atoms with Crippen molar-refractivity contribution in [2.75, 3.05) is 9.80 Å². The first-order valence-corrected chi connectivity index (χ1v) is 8.93. The summed E-state index contributed by atoms with van der Waals surface area (Å²) in [5, 5.41) is 0.390. The molecule has 1 aliphatic heterocycles. The van der Waals surface area contributed by atoms with Gasteiger partial charge >= 0.3 is 0 Å². The fraction of sp³-hybridized carbons (Fsp3) is 0.263. The molecule has 0 bridgehead atoms. The molecule has 1 aliphatic carbocycles. The van der Waals surface area contributed by atoms with E-state index in [1.54, 1.807) is 0 Å². The van der Waals surface area contributed by atoms with Crippen molar-refractivity contribution in [2.45, 2.75) is 31.7 Å². The summed E-state index contributed by atoms with van der Waals surface area (Å²) in [6.45, 7) is 2.02. The summed E-state index contributed by atoms with van der Waals surface area (Å²) in [6.07, 6.45) is 2.49. The molecule has 128 valence electrons. The Bertz CT molecular complexity index is 879. The quantitative estimate of drug-likeness (QED) is 0.702. The van der Waals surface area contributed by atoms with Gasteiger partial charge in [0.2, 0.25) is 0 Å². The molecule has 0 aromatic heterocycles. The van der Waals surface area contributed by atoms with E-state index in [4.69, 9.17) is 23.8 Å². The minimum absolute atomic E-state index is 0.0236. The summed E-state index contributed by atoms with van der Waals surface area (Å²) in [4.78, 5) is 16.7. The van der Waals surface area contributed by atoms with E-state index in [1.165, 1.54) is 23.1 Å². The highest BCUT2D eigenvalue weighted by molar-refractivity contribution is 7.81. The topological polar surface area (TPSA) is 23.6 Å². The number of anilines is 2. The maximum atomic E-state index is 13.5. The molecule has 2 fully saturated rings. The van der Waals surface area contributed by atoms with Crippen LogP contribution in [0, 0.1) is 12.7 Å². The third-order valence-electron chi connectivity index (χ3n) is 5.05. The lowest BCUT2D eigenvalue weighted by Crippen LogP contribution is -2.55. The number of rotatable bonds is 2. The molecule has 6 heteroatoms. The van der Waals surface area contributed by atoms with Crippen LogP contribution in [0.1, 0.15) is 24.8 Å². The Kier molecular flexibility index (Phi) is 3.81. The lowest BCUT2D eigenvalue weighted by molar-refractivity contribution is -0.123. The van der Waals surface area contributed by atoms with Crippen molar-refractivity contribution in [3.63, 3.8) is 0 Å². The van der Waals surface area contributed by atoms with Gasteiger partial charge < -0.3 is 4.90 Å². The molecule has 2 aromatic carbocycles. The van der Waals surface area contributed by atoms with Crippen LogP contribution in [0.3, 0.4) is 0 Å². The van der Waals surface area contributed by atoms with Crippen molar-refractivity contribution in [2.24, 2.45) is 0 Å². The molecule has 0 radical (unpaired) electrons. The average Bonchev–Trinajstić information content (AvgIpc) is 2.78. The molecule has 1 heterocycles. The largest absolute Gasteiger partial charge is 0.303 e. The fourth-order valence-corrected chi connectivity index (χ4v) is 4.17. The number of halogens is 2. The molecule has 1 amide bonds. The fourth-order valence-electron chi connectivity index (χ4n) is 3.53. The molecule has 1 saturated carbocycles. The zero-order chi connectivity index (χ0) is 17.8. The Labute approximate surface area is 156 Å². The minimum Gasteiger partial charge on any atom is -0.303 e. The smallest absolute Gasteiger partial charge is 0.259 e. The summed E-state index contributed by atoms with van der Waals surface area (Å²) >= 11 is 11.6. The summed E-state index contributed by atoms with van der Waals surface area (Å²) in [7, 11) is 0. The van der Waals surface area contributed by atoms with Crippen LogP contribution in [0.5, 0.6) is 0 Å². The normalized spacial score (nSPS) is 18.8. The van der Waals surface area contributed by atoms with Crippen molar-refractivity contribution in [1.29, 1.82) is 0 Å². The standard InChI is InChI=1S/C19H16ClFN2OS/c1-12-3-5-13(6-4-12)23-18(25)22(17(24)19(23)9-2-10-19)14-7-8-16(21)15(20)11-14/h3-8,11H,2,9-10H2,1H3. The average molecular weight is 375 g/mol. The first kappa shape index (κ1) is 16.5. The SMILES string of the molecule is Cc1ccc(N2C(=S)N(c3ccc(F)c(Cl)c3)C(=O)C23CCC3)cc1. The van der Waals surface area contributed by atoms with Crippen LogP contribution < -0.4 is 9.80 Å². The highest BCUT2D eigenvalue weighted by Crippen LogP contribution is 2.47. The van der Waals surface area contributed by atoms with Gasteiger partial charge in [-0.3, -0.25) is 9.69 Å². The van der Waals surface area contributed by atoms with Crippen LogP contribution in [-0.2, 0) is 4.79 Å². The van der Waals surface area contributed by atoms with Crippen LogP contribution in [0.15, 0.2) is 42.5 Å². The molecular weight excluding hydrogens is 359 g/mol. The molecule has 0 unspecified atom stereocenters. The maximum Gasteiger partial charge on any atom is 0.259 e. The second-order valence-electron chi connectivity index (χ2n) is 6.58.